The average molecular weight is 416 g/mol. The number of rotatable bonds is 7. The summed E-state index contributed by atoms with van der Waals surface area (Å²) in [5.41, 5.74) is 0.803. The molecule has 29 heavy (non-hydrogen) atoms. The van der Waals surface area contributed by atoms with Crippen LogP contribution in [0.5, 0.6) is 0 Å². The molecule has 1 aliphatic rings. The monoisotopic (exact) mass is 416 g/mol. The van der Waals surface area contributed by atoms with Crippen LogP contribution in [0.2, 0.25) is 0 Å². The molecule has 3 rings (SSSR count). The molecule has 0 unspecified atom stereocenters. The van der Waals surface area contributed by atoms with E-state index in [1.807, 2.05) is 18.2 Å². The van der Waals surface area contributed by atoms with E-state index < -0.39 is 33.9 Å². The number of carbonyl (C=O) groups is 2. The van der Waals surface area contributed by atoms with E-state index in [0.29, 0.717) is 19.4 Å². The molecule has 2 N–H and O–H groups in total. The fraction of sp³-hybridized carbons (Fsp3) is 0.333. The molecule has 7 nitrogen and oxygen atoms in total. The van der Waals surface area contributed by atoms with Crippen LogP contribution in [0.25, 0.3) is 0 Å². The van der Waals surface area contributed by atoms with E-state index >= 15 is 0 Å². The second kappa shape index (κ2) is 9.19. The van der Waals surface area contributed by atoms with Gasteiger partial charge in [0.1, 0.15) is 6.04 Å². The van der Waals surface area contributed by atoms with Gasteiger partial charge in [-0.3, -0.25) is 4.79 Å². The van der Waals surface area contributed by atoms with Gasteiger partial charge in [0, 0.05) is 19.5 Å². The van der Waals surface area contributed by atoms with Crippen molar-refractivity contribution in [2.45, 2.75) is 30.2 Å². The zero-order valence-corrected chi connectivity index (χ0v) is 16.7. The average Bonchev–Trinajstić information content (AvgIpc) is 2.74. The third-order valence-corrected chi connectivity index (χ3v) is 6.91. The van der Waals surface area contributed by atoms with E-state index in [1.54, 1.807) is 30.3 Å². The van der Waals surface area contributed by atoms with Crippen molar-refractivity contribution in [2.24, 2.45) is 5.92 Å². The number of hydrogen-bond acceptors (Lipinski definition) is 4. The molecule has 8 heteroatoms. The van der Waals surface area contributed by atoms with Crippen molar-refractivity contribution in [1.29, 1.82) is 0 Å². The summed E-state index contributed by atoms with van der Waals surface area (Å²) in [4.78, 5) is 24.5. The Labute approximate surface area is 170 Å². The zero-order chi connectivity index (χ0) is 20.9. The van der Waals surface area contributed by atoms with E-state index in [0.717, 1.165) is 5.56 Å². The van der Waals surface area contributed by atoms with E-state index in [2.05, 4.69) is 5.32 Å². The first-order chi connectivity index (χ1) is 13.9. The number of carboxylic acid groups (broad SMARTS) is 1. The van der Waals surface area contributed by atoms with E-state index in [4.69, 9.17) is 0 Å². The van der Waals surface area contributed by atoms with Crippen LogP contribution in [0, 0.1) is 5.92 Å². The van der Waals surface area contributed by atoms with Crippen LogP contribution in [0.3, 0.4) is 0 Å². The van der Waals surface area contributed by atoms with Gasteiger partial charge < -0.3 is 10.4 Å². The minimum Gasteiger partial charge on any atom is -0.480 e. The van der Waals surface area contributed by atoms with Gasteiger partial charge >= 0.3 is 5.97 Å². The molecule has 2 aromatic carbocycles. The molecule has 154 valence electrons. The molecule has 1 aliphatic heterocycles. The van der Waals surface area contributed by atoms with E-state index in [1.165, 1.54) is 16.4 Å². The molecular weight excluding hydrogens is 392 g/mol. The van der Waals surface area contributed by atoms with Crippen LogP contribution >= 0.6 is 0 Å². The maximum absolute atomic E-state index is 12.8. The normalized spacial score (nSPS) is 18.7. The predicted octanol–water partition coefficient (Wildman–Crippen LogP) is 1.90. The lowest BCUT2D eigenvalue weighted by Gasteiger charge is -2.31. The van der Waals surface area contributed by atoms with Gasteiger partial charge in [0.25, 0.3) is 0 Å². The number of carbonyl (C=O) groups excluding carboxylic acids is 1. The lowest BCUT2D eigenvalue weighted by Crippen LogP contribution is -2.50. The lowest BCUT2D eigenvalue weighted by atomic mass is 9.97. The van der Waals surface area contributed by atoms with Gasteiger partial charge in [-0.15, -0.1) is 0 Å². The number of piperidine rings is 1. The number of aliphatic carboxylic acids is 1. The summed E-state index contributed by atoms with van der Waals surface area (Å²) >= 11 is 0. The summed E-state index contributed by atoms with van der Waals surface area (Å²) < 4.78 is 27.0. The molecule has 0 aromatic heterocycles. The minimum atomic E-state index is -3.68. The highest BCUT2D eigenvalue weighted by atomic mass is 32.2. The number of carboxylic acids is 1. The first-order valence-electron chi connectivity index (χ1n) is 9.50. The Morgan fingerprint density at radius 3 is 2.31 bits per heavy atom. The highest BCUT2D eigenvalue weighted by Crippen LogP contribution is 2.24. The molecule has 0 spiro atoms. The maximum Gasteiger partial charge on any atom is 0.326 e. The molecule has 0 bridgehead atoms. The Hall–Kier alpha value is -2.71. The van der Waals surface area contributed by atoms with Crippen LogP contribution in [0.15, 0.2) is 65.6 Å². The topological polar surface area (TPSA) is 104 Å². The number of benzene rings is 2. The molecule has 0 saturated carbocycles. The van der Waals surface area contributed by atoms with Gasteiger partial charge in [0.05, 0.1) is 10.8 Å². The summed E-state index contributed by atoms with van der Waals surface area (Å²) in [6.07, 6.45) is 1.23. The van der Waals surface area contributed by atoms with Gasteiger partial charge in [0.2, 0.25) is 15.9 Å². The smallest absolute Gasteiger partial charge is 0.326 e. The number of hydrogen-bond donors (Lipinski definition) is 2. The van der Waals surface area contributed by atoms with Crippen LogP contribution in [0.1, 0.15) is 18.4 Å². The summed E-state index contributed by atoms with van der Waals surface area (Å²) in [5.74, 6) is -2.13. The first kappa shape index (κ1) is 21.0. The highest BCUT2D eigenvalue weighted by Gasteiger charge is 2.34. The van der Waals surface area contributed by atoms with Crippen molar-refractivity contribution < 1.29 is 23.1 Å². The molecule has 1 amide bonds. The summed E-state index contributed by atoms with van der Waals surface area (Å²) in [6, 6.07) is 16.1. The van der Waals surface area contributed by atoms with E-state index in [-0.39, 0.29) is 17.9 Å². The van der Waals surface area contributed by atoms with Gasteiger partial charge in [-0.1, -0.05) is 48.5 Å². The molecule has 0 radical (unpaired) electrons. The van der Waals surface area contributed by atoms with Gasteiger partial charge in [-0.25, -0.2) is 13.2 Å². The SMILES string of the molecule is O=C(N[C@H](Cc1ccccc1)C(=O)O)[C@@H]1CCCN(S(=O)(=O)c2ccccc2)C1. The second-order valence-electron chi connectivity index (χ2n) is 7.10. The number of nitrogens with one attached hydrogen (secondary N) is 1. The standard InChI is InChI=1S/C21H24N2O5S/c24-20(22-19(21(25)26)14-16-8-3-1-4-9-16)17-10-7-13-23(15-17)29(27,28)18-11-5-2-6-12-18/h1-6,8-9,11-12,17,19H,7,10,13-15H2,(H,22,24)(H,25,26)/t17-,19-/m1/s1. The van der Waals surface area contributed by atoms with Crippen molar-refractivity contribution in [1.82, 2.24) is 9.62 Å². The van der Waals surface area contributed by atoms with E-state index in [9.17, 15) is 23.1 Å². The van der Waals surface area contributed by atoms with Crippen molar-refractivity contribution >= 4 is 21.9 Å². The number of sulfonamides is 1. The molecule has 0 aliphatic carbocycles. The first-order valence-corrected chi connectivity index (χ1v) is 10.9. The number of amides is 1. The molecule has 2 aromatic rings. The Morgan fingerprint density at radius 2 is 1.69 bits per heavy atom. The second-order valence-corrected chi connectivity index (χ2v) is 9.04. The lowest BCUT2D eigenvalue weighted by molar-refractivity contribution is -0.142. The molecule has 1 saturated heterocycles. The number of nitrogens with zero attached hydrogens (tertiary/aromatic N) is 1. The van der Waals surface area contributed by atoms with Gasteiger partial charge in [-0.05, 0) is 30.5 Å². The fourth-order valence-electron chi connectivity index (χ4n) is 3.46. The van der Waals surface area contributed by atoms with Crippen molar-refractivity contribution in [3.8, 4) is 0 Å². The van der Waals surface area contributed by atoms with Crippen LogP contribution in [0.4, 0.5) is 0 Å². The van der Waals surface area contributed by atoms with Crippen LogP contribution in [-0.2, 0) is 26.0 Å². The Balaban J connectivity index is 1.68. The zero-order valence-electron chi connectivity index (χ0n) is 15.9. The largest absolute Gasteiger partial charge is 0.480 e. The summed E-state index contributed by atoms with van der Waals surface area (Å²) in [7, 11) is -3.68. The third kappa shape index (κ3) is 5.21. The Morgan fingerprint density at radius 1 is 1.07 bits per heavy atom. The predicted molar refractivity (Wildman–Crippen MR) is 108 cm³/mol. The quantitative estimate of drug-likeness (QED) is 0.717. The molecule has 1 fully saturated rings. The molecule has 2 atom stereocenters. The van der Waals surface area contributed by atoms with Gasteiger partial charge in [-0.2, -0.15) is 4.31 Å². The van der Waals surface area contributed by atoms with Crippen molar-refractivity contribution in [2.75, 3.05) is 13.1 Å². The van der Waals surface area contributed by atoms with Crippen LogP contribution < -0.4 is 5.32 Å². The fourth-order valence-corrected chi connectivity index (χ4v) is 5.00. The minimum absolute atomic E-state index is 0.0424. The van der Waals surface area contributed by atoms with Crippen molar-refractivity contribution in [3.63, 3.8) is 0 Å². The highest BCUT2D eigenvalue weighted by molar-refractivity contribution is 7.89. The Bertz CT molecular complexity index is 948. The molecular formula is C21H24N2O5S. The third-order valence-electron chi connectivity index (χ3n) is 5.03. The van der Waals surface area contributed by atoms with Crippen LogP contribution in [-0.4, -0.2) is 48.8 Å². The van der Waals surface area contributed by atoms with Crippen molar-refractivity contribution in [3.05, 3.63) is 66.2 Å². The van der Waals surface area contributed by atoms with Gasteiger partial charge in [0.15, 0.2) is 0 Å². The molecule has 1 heterocycles. The summed E-state index contributed by atoms with van der Waals surface area (Å²) in [6.45, 7) is 0.383. The summed E-state index contributed by atoms with van der Waals surface area (Å²) in [5, 5.41) is 12.1. The Kier molecular flexibility index (Phi) is 6.66. The maximum atomic E-state index is 12.8.